The molecule has 3 aliphatic heterocycles. The molecule has 0 unspecified atom stereocenters. The highest BCUT2D eigenvalue weighted by Crippen LogP contribution is 2.58. The van der Waals surface area contributed by atoms with Crippen LogP contribution in [0.2, 0.25) is 0 Å². The number of carbonyl (C=O) groups excluding carboxylic acids is 3. The van der Waals surface area contributed by atoms with Crippen LogP contribution in [0.1, 0.15) is 66.1 Å². The van der Waals surface area contributed by atoms with Gasteiger partial charge in [-0.1, -0.05) is 42.5 Å². The van der Waals surface area contributed by atoms with E-state index in [9.17, 15) is 34.2 Å². The van der Waals surface area contributed by atoms with Gasteiger partial charge in [-0.15, -0.1) is 0 Å². The zero-order valence-corrected chi connectivity index (χ0v) is 46.8. The Hall–Kier alpha value is -7.49. The molecule has 4 N–H and O–H groups in total. The normalized spacial score (nSPS) is 16.0. The first kappa shape index (κ1) is 58.7. The number of benzene rings is 3. The second kappa shape index (κ2) is 28.1. The number of aromatic nitrogens is 2. The van der Waals surface area contributed by atoms with E-state index >= 15 is 0 Å². The molecule has 3 amide bonds. The van der Waals surface area contributed by atoms with Gasteiger partial charge in [0.1, 0.15) is 17.0 Å². The van der Waals surface area contributed by atoms with Crippen LogP contribution in [0.5, 0.6) is 11.5 Å². The monoisotopic (exact) mass is 1090 g/mol. The largest absolute Gasteiger partial charge is 0.480 e. The lowest BCUT2D eigenvalue weighted by atomic mass is 9.74. The first-order valence-electron chi connectivity index (χ1n) is 28.1. The molecule has 0 radical (unpaired) electrons. The van der Waals surface area contributed by atoms with Crippen molar-refractivity contribution in [3.8, 4) is 11.5 Å². The summed E-state index contributed by atoms with van der Waals surface area (Å²) in [4.78, 5) is 92.0. The zero-order valence-electron chi connectivity index (χ0n) is 46.8. The maximum atomic E-state index is 14.9. The van der Waals surface area contributed by atoms with Gasteiger partial charge in [-0.25, -0.2) is 0 Å². The molecule has 0 bridgehead atoms. The number of nitrogens with one attached hydrogen (secondary N) is 2. The fourth-order valence-corrected chi connectivity index (χ4v) is 11.3. The third-order valence-electron chi connectivity index (χ3n) is 15.4. The predicted molar refractivity (Wildman–Crippen MR) is 307 cm³/mol. The van der Waals surface area contributed by atoms with E-state index in [1.807, 2.05) is 75.4 Å². The van der Waals surface area contributed by atoms with Gasteiger partial charge >= 0.3 is 11.9 Å². The van der Waals surface area contributed by atoms with Crippen LogP contribution in [0.15, 0.2) is 109 Å². The number of hydrogen-bond donors (Lipinski definition) is 4. The van der Waals surface area contributed by atoms with Crippen LogP contribution < -0.4 is 25.2 Å². The van der Waals surface area contributed by atoms with Crippen molar-refractivity contribution >= 4 is 41.0 Å². The summed E-state index contributed by atoms with van der Waals surface area (Å²) in [6.07, 6.45) is 3.51. The molecule has 0 saturated carbocycles. The minimum Gasteiger partial charge on any atom is -0.480 e. The van der Waals surface area contributed by atoms with Crippen molar-refractivity contribution in [3.05, 3.63) is 143 Å². The summed E-state index contributed by atoms with van der Waals surface area (Å²) < 4.78 is 6.86. The number of ether oxygens (including phenoxy) is 1. The van der Waals surface area contributed by atoms with Crippen LogP contribution in [0.4, 0.5) is 11.4 Å². The molecule has 8 rings (SSSR count). The second-order valence-electron chi connectivity index (χ2n) is 20.5. The zero-order chi connectivity index (χ0) is 56.6. The standard InChI is InChI=1S/C60H78N12O8/c1-5-70(6-2)47-19-21-51-53(37-47)80-54-38-48(71(7-3)8-4)20-22-52(54)60(51)50-18-10-9-17-49(50)59(79)72(60)28-26-64-56(74)42-66-31-35-67(43-57(75)76)33-29-65(30-34-68(36-32-66)44-58(77)78)41-55(73)63-25-27-69(39-45-15-11-13-23-61-45)40-46-16-12-14-24-62-46/h9-24,37-38H,5-8,25-36,39-44H2,1-4H3,(H,63,73)(H,64,74)(H,75,76)(H,77,78). The summed E-state index contributed by atoms with van der Waals surface area (Å²) in [5.74, 6) is -1.35. The Balaban J connectivity index is 0.944. The summed E-state index contributed by atoms with van der Waals surface area (Å²) >= 11 is 0. The lowest BCUT2D eigenvalue weighted by Gasteiger charge is -2.45. The third-order valence-corrected chi connectivity index (χ3v) is 15.4. The van der Waals surface area contributed by atoms with Crippen LogP contribution in [-0.4, -0.2) is 210 Å². The summed E-state index contributed by atoms with van der Waals surface area (Å²) in [5.41, 5.74) is 5.81. The summed E-state index contributed by atoms with van der Waals surface area (Å²) in [5, 5.41) is 26.1. The number of aliphatic carboxylic acids is 2. The Kier molecular flexibility index (Phi) is 20.6. The van der Waals surface area contributed by atoms with Gasteiger partial charge < -0.3 is 40.3 Å². The lowest BCUT2D eigenvalue weighted by Crippen LogP contribution is -2.51. The Labute approximate surface area is 469 Å². The highest BCUT2D eigenvalue weighted by atomic mass is 16.5. The van der Waals surface area contributed by atoms with Gasteiger partial charge in [0.25, 0.3) is 5.91 Å². The highest BCUT2D eigenvalue weighted by molar-refractivity contribution is 6.02. The van der Waals surface area contributed by atoms with Crippen LogP contribution >= 0.6 is 0 Å². The molecule has 1 saturated heterocycles. The number of fused-ring (bicyclic) bond motifs is 6. The number of carbonyl (C=O) groups is 5. The van der Waals surface area contributed by atoms with Gasteiger partial charge in [0.05, 0.1) is 37.6 Å². The van der Waals surface area contributed by atoms with Crippen molar-refractivity contribution in [1.29, 1.82) is 0 Å². The van der Waals surface area contributed by atoms with Gasteiger partial charge in [0.15, 0.2) is 0 Å². The molecule has 2 aromatic heterocycles. The quantitative estimate of drug-likeness (QED) is 0.0677. The number of anilines is 2. The second-order valence-corrected chi connectivity index (χ2v) is 20.5. The molecular weight excluding hydrogens is 1020 g/mol. The van der Waals surface area contributed by atoms with Crippen LogP contribution in [0.3, 0.4) is 0 Å². The summed E-state index contributed by atoms with van der Waals surface area (Å²) in [6.45, 7) is 16.1. The van der Waals surface area contributed by atoms with Crippen molar-refractivity contribution in [2.75, 3.05) is 141 Å². The smallest absolute Gasteiger partial charge is 0.317 e. The molecule has 3 aromatic carbocycles. The Bertz CT molecular complexity index is 2750. The molecule has 1 fully saturated rings. The van der Waals surface area contributed by atoms with Crippen molar-refractivity contribution in [1.82, 2.24) is 50.0 Å². The Morgan fingerprint density at radius 3 is 1.44 bits per heavy atom. The molecule has 5 heterocycles. The number of amides is 3. The van der Waals surface area contributed by atoms with E-state index in [2.05, 4.69) is 99.4 Å². The molecule has 426 valence electrons. The van der Waals surface area contributed by atoms with E-state index in [-0.39, 0.29) is 57.0 Å². The number of pyridine rings is 2. The van der Waals surface area contributed by atoms with Gasteiger partial charge in [0.2, 0.25) is 11.8 Å². The number of hydrogen-bond acceptors (Lipinski definition) is 15. The van der Waals surface area contributed by atoms with Crippen LogP contribution in [0, 0.1) is 0 Å². The molecule has 5 aromatic rings. The maximum Gasteiger partial charge on any atom is 0.317 e. The maximum absolute atomic E-state index is 14.9. The summed E-state index contributed by atoms with van der Waals surface area (Å²) in [7, 11) is 0. The van der Waals surface area contributed by atoms with E-state index in [4.69, 9.17) is 4.74 Å². The Morgan fingerprint density at radius 2 is 1.00 bits per heavy atom. The van der Waals surface area contributed by atoms with E-state index in [1.165, 1.54) is 0 Å². The molecule has 80 heavy (non-hydrogen) atoms. The molecule has 0 aliphatic carbocycles. The summed E-state index contributed by atoms with van der Waals surface area (Å²) in [6, 6.07) is 31.7. The first-order valence-corrected chi connectivity index (χ1v) is 28.1. The van der Waals surface area contributed by atoms with Crippen LogP contribution in [-0.2, 0) is 37.8 Å². The fraction of sp³-hybridized carbons (Fsp3) is 0.450. The van der Waals surface area contributed by atoms with E-state index in [0.29, 0.717) is 95.6 Å². The van der Waals surface area contributed by atoms with Crippen molar-refractivity contribution in [2.45, 2.75) is 46.3 Å². The number of rotatable bonds is 24. The van der Waals surface area contributed by atoms with E-state index in [0.717, 1.165) is 65.6 Å². The lowest BCUT2D eigenvalue weighted by molar-refractivity contribution is -0.139. The Morgan fingerprint density at radius 1 is 0.562 bits per heavy atom. The molecule has 1 spiro atoms. The van der Waals surface area contributed by atoms with E-state index < -0.39 is 17.5 Å². The SMILES string of the molecule is CCN(CC)c1ccc2c(c1)Oc1cc(N(CC)CC)ccc1C21c2ccccc2C(=O)N1CCNC(=O)CN1CCN(CC(=O)O)CCN(CC(=O)NCCN(Cc2ccccn2)Cc2ccccn2)CCN(CC(=O)O)CC1. The molecular formula is C60H78N12O8. The van der Waals surface area contributed by atoms with Gasteiger partial charge in [-0.2, -0.15) is 0 Å². The minimum atomic E-state index is -1.08. The number of carboxylic acids is 2. The molecule has 3 aliphatic rings. The van der Waals surface area contributed by atoms with Gasteiger partial charge in [0, 0.05) is 170 Å². The van der Waals surface area contributed by atoms with Crippen molar-refractivity contribution < 1.29 is 38.9 Å². The average molecular weight is 1100 g/mol. The topological polar surface area (TPSA) is 211 Å². The number of nitrogens with zero attached hydrogens (tertiary/aromatic N) is 10. The fourth-order valence-electron chi connectivity index (χ4n) is 11.3. The highest BCUT2D eigenvalue weighted by Gasteiger charge is 2.56. The minimum absolute atomic E-state index is 0.0345. The third kappa shape index (κ3) is 14.5. The van der Waals surface area contributed by atoms with Crippen LogP contribution in [0.25, 0.3) is 0 Å². The number of carboxylic acid groups (broad SMARTS) is 2. The molecule has 20 nitrogen and oxygen atoms in total. The molecule has 20 heteroatoms. The predicted octanol–water partition coefficient (Wildman–Crippen LogP) is 4.35. The average Bonchev–Trinajstić information content (AvgIpc) is 3.69. The van der Waals surface area contributed by atoms with Crippen molar-refractivity contribution in [2.24, 2.45) is 0 Å². The van der Waals surface area contributed by atoms with Crippen molar-refractivity contribution in [3.63, 3.8) is 0 Å². The van der Waals surface area contributed by atoms with Gasteiger partial charge in [-0.3, -0.25) is 58.4 Å². The van der Waals surface area contributed by atoms with E-state index in [1.54, 1.807) is 22.2 Å². The van der Waals surface area contributed by atoms with Gasteiger partial charge in [-0.05, 0) is 75.7 Å². The molecule has 0 atom stereocenters. The first-order chi connectivity index (χ1) is 38.8.